The minimum Gasteiger partial charge on any atom is -0.390 e. The van der Waals surface area contributed by atoms with Gasteiger partial charge in [-0.1, -0.05) is 99.5 Å². The van der Waals surface area contributed by atoms with E-state index in [0.717, 1.165) is 35.1 Å². The molecule has 0 bridgehead atoms. The number of nitrogens with zero attached hydrogens (tertiary/aromatic N) is 2. The molecule has 2 heterocycles. The van der Waals surface area contributed by atoms with Gasteiger partial charge in [-0.25, -0.2) is 8.42 Å². The molecule has 2 aromatic carbocycles. The summed E-state index contributed by atoms with van der Waals surface area (Å²) >= 11 is 0. The zero-order chi connectivity index (χ0) is 38.4. The van der Waals surface area contributed by atoms with E-state index in [9.17, 15) is 32.7 Å². The molecular formula is C40H49N5O8S. The van der Waals surface area contributed by atoms with Gasteiger partial charge in [0.25, 0.3) is 5.91 Å². The lowest BCUT2D eigenvalue weighted by atomic mass is 9.88. The van der Waals surface area contributed by atoms with E-state index in [1.54, 1.807) is 20.8 Å². The molecule has 54 heavy (non-hydrogen) atoms. The van der Waals surface area contributed by atoms with Crippen LogP contribution in [0.25, 0.3) is 11.1 Å². The van der Waals surface area contributed by atoms with E-state index in [1.807, 2.05) is 60.7 Å². The molecule has 4 amide bonds. The number of fused-ring (bicyclic) bond motifs is 5. The zero-order valence-electron chi connectivity index (χ0n) is 30.9. The number of carbonyl (C=O) groups excluding carboxylic acids is 4. The second kappa shape index (κ2) is 14.6. The van der Waals surface area contributed by atoms with Gasteiger partial charge in [-0.3, -0.25) is 23.9 Å². The average molecular weight is 760 g/mol. The number of sulfonamides is 1. The number of hydrogen-bond acceptors (Lipinski definition) is 9. The Kier molecular flexibility index (Phi) is 10.2. The molecule has 3 fully saturated rings. The van der Waals surface area contributed by atoms with E-state index in [0.29, 0.717) is 31.4 Å². The number of aliphatic hydroxyl groups excluding tert-OH is 1. The zero-order valence-corrected chi connectivity index (χ0v) is 31.7. The van der Waals surface area contributed by atoms with Gasteiger partial charge in [-0.15, -0.1) is 0 Å². The highest BCUT2D eigenvalue weighted by molar-refractivity contribution is 7.91. The Bertz CT molecular complexity index is 1960. The van der Waals surface area contributed by atoms with Crippen LogP contribution >= 0.6 is 0 Å². The van der Waals surface area contributed by atoms with Crippen LogP contribution in [0.1, 0.15) is 89.7 Å². The van der Waals surface area contributed by atoms with E-state index in [-0.39, 0.29) is 25.8 Å². The fourth-order valence-corrected chi connectivity index (χ4v) is 9.07. The van der Waals surface area contributed by atoms with Crippen molar-refractivity contribution < 1.29 is 37.5 Å². The minimum absolute atomic E-state index is 0.0293. The first-order valence-electron chi connectivity index (χ1n) is 19.0. The van der Waals surface area contributed by atoms with Gasteiger partial charge in [-0.2, -0.15) is 0 Å². The van der Waals surface area contributed by atoms with Crippen LogP contribution in [0.2, 0.25) is 0 Å². The summed E-state index contributed by atoms with van der Waals surface area (Å²) in [5, 5.41) is 20.4. The predicted molar refractivity (Wildman–Crippen MR) is 201 cm³/mol. The predicted octanol–water partition coefficient (Wildman–Crippen LogP) is 3.30. The molecule has 288 valence electrons. The van der Waals surface area contributed by atoms with Gasteiger partial charge in [0.15, 0.2) is 0 Å². The minimum atomic E-state index is -3.89. The fraction of sp³-hybridized carbons (Fsp3) is 0.525. The van der Waals surface area contributed by atoms with Gasteiger partial charge in [0.2, 0.25) is 27.7 Å². The lowest BCUT2D eigenvalue weighted by molar-refractivity contribution is -0.145. The summed E-state index contributed by atoms with van der Waals surface area (Å²) in [6.45, 7) is 5.13. The second-order valence-corrected chi connectivity index (χ2v) is 18.3. The Morgan fingerprint density at radius 3 is 2.26 bits per heavy atom. The third-order valence-corrected chi connectivity index (χ3v) is 13.0. The lowest BCUT2D eigenvalue weighted by Gasteiger charge is -2.31. The van der Waals surface area contributed by atoms with E-state index in [4.69, 9.17) is 4.84 Å². The van der Waals surface area contributed by atoms with E-state index in [1.165, 1.54) is 4.90 Å². The Morgan fingerprint density at radius 2 is 1.63 bits per heavy atom. The number of carbonyl (C=O) groups is 4. The normalized spacial score (nSPS) is 28.1. The van der Waals surface area contributed by atoms with Crippen molar-refractivity contribution in [2.75, 3.05) is 6.54 Å². The van der Waals surface area contributed by atoms with Crippen LogP contribution < -0.4 is 15.4 Å². The summed E-state index contributed by atoms with van der Waals surface area (Å²) in [5.41, 5.74) is 2.15. The Morgan fingerprint density at radius 1 is 0.981 bits per heavy atom. The summed E-state index contributed by atoms with van der Waals surface area (Å²) in [6, 6.07) is 13.5. The Labute approximate surface area is 316 Å². The van der Waals surface area contributed by atoms with Gasteiger partial charge in [-0.05, 0) is 55.1 Å². The first-order chi connectivity index (χ1) is 25.7. The molecular weight excluding hydrogens is 711 g/mol. The summed E-state index contributed by atoms with van der Waals surface area (Å²) in [6.07, 6.45) is 5.94. The SMILES string of the molecule is CC(C)(C)[C@H](O)C(=O)N[C@H]1CCCCC/C=C\C2CC2(C(=O)NS(=O)(=O)C2CC2)NC(=O)[C@@H]2C[C@@H](ON=C3c4ccccc4-c4ccccc43)CN2C1=O. The third-order valence-electron chi connectivity index (χ3n) is 11.2. The van der Waals surface area contributed by atoms with Gasteiger partial charge in [0.05, 0.1) is 11.8 Å². The molecule has 7 rings (SSSR count). The number of oxime groups is 1. The van der Waals surface area contributed by atoms with Crippen LogP contribution in [0.4, 0.5) is 0 Å². The molecule has 0 spiro atoms. The highest BCUT2D eigenvalue weighted by atomic mass is 32.2. The van der Waals surface area contributed by atoms with Crippen molar-refractivity contribution in [2.45, 2.75) is 114 Å². The number of rotatable bonds is 7. The number of aliphatic hydroxyl groups is 1. The van der Waals surface area contributed by atoms with Crippen LogP contribution in [0, 0.1) is 11.3 Å². The smallest absolute Gasteiger partial charge is 0.259 e. The van der Waals surface area contributed by atoms with Crippen molar-refractivity contribution in [3.63, 3.8) is 0 Å². The second-order valence-electron chi connectivity index (χ2n) is 16.3. The number of allylic oxidation sites excluding steroid dienone is 1. The summed E-state index contributed by atoms with van der Waals surface area (Å²) in [7, 11) is -3.89. The molecule has 5 aliphatic rings. The average Bonchev–Trinajstić information content (AvgIpc) is 4.04. The Hall–Kier alpha value is -4.56. The molecule has 3 aliphatic carbocycles. The maximum atomic E-state index is 14.5. The van der Waals surface area contributed by atoms with Crippen LogP contribution in [-0.4, -0.2) is 89.4 Å². The van der Waals surface area contributed by atoms with Gasteiger partial charge in [0, 0.05) is 23.5 Å². The molecule has 2 unspecified atom stereocenters. The number of nitrogens with one attached hydrogen (secondary N) is 3. The maximum absolute atomic E-state index is 14.5. The molecule has 2 aliphatic heterocycles. The van der Waals surface area contributed by atoms with Crippen molar-refractivity contribution in [1.82, 2.24) is 20.3 Å². The van der Waals surface area contributed by atoms with Gasteiger partial charge in [0.1, 0.15) is 35.5 Å². The number of benzene rings is 2. The molecule has 1 saturated heterocycles. The van der Waals surface area contributed by atoms with Gasteiger partial charge < -0.3 is 25.5 Å². The van der Waals surface area contributed by atoms with Crippen LogP contribution in [-0.2, 0) is 34.0 Å². The molecule has 13 nitrogen and oxygen atoms in total. The van der Waals surface area contributed by atoms with Gasteiger partial charge >= 0.3 is 0 Å². The van der Waals surface area contributed by atoms with E-state index >= 15 is 0 Å². The Balaban J connectivity index is 1.19. The molecule has 6 atom stereocenters. The van der Waals surface area contributed by atoms with Crippen LogP contribution in [0.5, 0.6) is 0 Å². The van der Waals surface area contributed by atoms with E-state index in [2.05, 4.69) is 20.5 Å². The highest BCUT2D eigenvalue weighted by Gasteiger charge is 2.62. The summed E-state index contributed by atoms with van der Waals surface area (Å²) in [4.78, 5) is 63.4. The van der Waals surface area contributed by atoms with Crippen LogP contribution in [0.15, 0.2) is 65.8 Å². The van der Waals surface area contributed by atoms with Crippen LogP contribution in [0.3, 0.4) is 0 Å². The largest absolute Gasteiger partial charge is 0.390 e. The van der Waals surface area contributed by atoms with Crippen molar-refractivity contribution in [3.05, 3.63) is 71.8 Å². The summed E-state index contributed by atoms with van der Waals surface area (Å²) in [5.74, 6) is -3.07. The van der Waals surface area contributed by atoms with Crippen molar-refractivity contribution >= 4 is 39.4 Å². The first-order valence-corrected chi connectivity index (χ1v) is 20.5. The first kappa shape index (κ1) is 37.7. The number of hydrogen-bond donors (Lipinski definition) is 4. The molecule has 0 radical (unpaired) electrons. The lowest BCUT2D eigenvalue weighted by Crippen LogP contribution is -2.59. The summed E-state index contributed by atoms with van der Waals surface area (Å²) < 4.78 is 27.9. The standard InChI is InChI=1S/C40H49N5O8S/c1-39(2,3)34(46)36(48)41-31-18-8-6-4-5-7-13-24-22-40(24,38(50)44-54(51,52)26-19-20-26)42-35(47)32-21-25(23-45(32)37(31)49)53-43-33-29-16-11-9-14-27(29)28-15-10-12-17-30(28)33/h7,9-17,24-26,31-32,34,46H,4-6,8,18-23H2,1-3H3,(H,41,48)(H,42,47)(H,44,50)/b13-7-/t24?,25-,31+,32+,34-,40?/m1/s1. The van der Waals surface area contributed by atoms with Crippen molar-refractivity contribution in [2.24, 2.45) is 16.5 Å². The van der Waals surface area contributed by atoms with Crippen molar-refractivity contribution in [3.8, 4) is 11.1 Å². The molecule has 14 heteroatoms. The molecule has 2 saturated carbocycles. The topological polar surface area (TPSA) is 184 Å². The molecule has 2 aromatic rings. The van der Waals surface area contributed by atoms with Crippen molar-refractivity contribution in [1.29, 1.82) is 0 Å². The highest BCUT2D eigenvalue weighted by Crippen LogP contribution is 2.46. The quantitative estimate of drug-likeness (QED) is 0.209. The number of amides is 4. The fourth-order valence-electron chi connectivity index (χ4n) is 7.70. The molecule has 0 aromatic heterocycles. The maximum Gasteiger partial charge on any atom is 0.259 e. The van der Waals surface area contributed by atoms with E-state index < -0.39 is 80.1 Å². The molecule has 4 N–H and O–H groups in total. The monoisotopic (exact) mass is 759 g/mol. The third kappa shape index (κ3) is 7.55.